The maximum atomic E-state index is 11.2. The first-order valence-corrected chi connectivity index (χ1v) is 9.75. The van der Waals surface area contributed by atoms with Crippen LogP contribution in [0.1, 0.15) is 24.1 Å². The van der Waals surface area contributed by atoms with Crippen molar-refractivity contribution in [2.24, 2.45) is 5.92 Å². The molecule has 2 aromatic carbocycles. The van der Waals surface area contributed by atoms with E-state index in [9.17, 15) is 9.90 Å². The van der Waals surface area contributed by atoms with Gasteiger partial charge in [0.2, 0.25) is 0 Å². The largest absolute Gasteiger partial charge is 0.481 e. The Morgan fingerprint density at radius 3 is 2.44 bits per heavy atom. The number of benzene rings is 2. The van der Waals surface area contributed by atoms with Gasteiger partial charge in [-0.25, -0.2) is 0 Å². The summed E-state index contributed by atoms with van der Waals surface area (Å²) in [7, 11) is 0. The minimum Gasteiger partial charge on any atom is -0.481 e. The summed E-state index contributed by atoms with van der Waals surface area (Å²) in [6.07, 6.45) is 1.46. The van der Waals surface area contributed by atoms with Gasteiger partial charge >= 0.3 is 5.97 Å². The van der Waals surface area contributed by atoms with E-state index in [1.54, 1.807) is 0 Å². The van der Waals surface area contributed by atoms with E-state index in [4.69, 9.17) is 11.6 Å². The molecular weight excluding hydrogens is 360 g/mol. The van der Waals surface area contributed by atoms with Gasteiger partial charge in [0.1, 0.15) is 0 Å². The lowest BCUT2D eigenvalue weighted by molar-refractivity contribution is -0.143. The van der Waals surface area contributed by atoms with E-state index >= 15 is 0 Å². The number of piperidine rings is 1. The van der Waals surface area contributed by atoms with Crippen LogP contribution in [0.15, 0.2) is 54.6 Å². The van der Waals surface area contributed by atoms with Crippen LogP contribution >= 0.6 is 11.6 Å². The van der Waals surface area contributed by atoms with Crippen molar-refractivity contribution in [3.63, 3.8) is 0 Å². The van der Waals surface area contributed by atoms with Crippen molar-refractivity contribution in [2.45, 2.75) is 25.9 Å². The summed E-state index contributed by atoms with van der Waals surface area (Å²) in [5.74, 6) is -0.854. The Morgan fingerprint density at radius 1 is 1.04 bits per heavy atom. The lowest BCUT2D eigenvalue weighted by atomic mass is 9.97. The first kappa shape index (κ1) is 18.1. The number of halogens is 1. The van der Waals surface area contributed by atoms with Crippen molar-refractivity contribution < 1.29 is 9.90 Å². The Balaban J connectivity index is 1.58. The summed E-state index contributed by atoms with van der Waals surface area (Å²) in [5, 5.41) is 11.2. The Bertz CT molecular complexity index is 941. The quantitative estimate of drug-likeness (QED) is 0.699. The molecule has 2 heterocycles. The molecule has 0 radical (unpaired) electrons. The third-order valence-electron chi connectivity index (χ3n) is 5.47. The predicted octanol–water partition coefficient (Wildman–Crippen LogP) is 4.64. The molecule has 1 saturated heterocycles. The molecule has 0 amide bonds. The van der Waals surface area contributed by atoms with Gasteiger partial charge in [0, 0.05) is 29.3 Å². The molecular formula is C22H23ClN2O2. The second kappa shape index (κ2) is 7.75. The van der Waals surface area contributed by atoms with Crippen LogP contribution < -0.4 is 0 Å². The van der Waals surface area contributed by atoms with Gasteiger partial charge in [0.05, 0.1) is 5.92 Å². The van der Waals surface area contributed by atoms with Crippen LogP contribution in [0.2, 0.25) is 5.02 Å². The molecule has 3 aromatic rings. The molecule has 0 unspecified atom stereocenters. The fourth-order valence-electron chi connectivity index (χ4n) is 3.92. The molecule has 5 heteroatoms. The van der Waals surface area contributed by atoms with Gasteiger partial charge in [-0.3, -0.25) is 9.69 Å². The van der Waals surface area contributed by atoms with Gasteiger partial charge in [0.25, 0.3) is 0 Å². The molecule has 1 aliphatic rings. The highest BCUT2D eigenvalue weighted by atomic mass is 35.5. The molecule has 1 aromatic heterocycles. The van der Waals surface area contributed by atoms with Crippen molar-refractivity contribution in [3.05, 3.63) is 70.9 Å². The first-order valence-electron chi connectivity index (χ1n) is 9.37. The third kappa shape index (κ3) is 4.02. The summed E-state index contributed by atoms with van der Waals surface area (Å²) in [5.41, 5.74) is 3.70. The molecule has 0 atom stereocenters. The molecule has 1 N–H and O–H groups in total. The van der Waals surface area contributed by atoms with Crippen LogP contribution in [0.25, 0.3) is 10.9 Å². The van der Waals surface area contributed by atoms with Crippen LogP contribution in [0.5, 0.6) is 0 Å². The fraction of sp³-hybridized carbons (Fsp3) is 0.318. The standard InChI is InChI=1S/C22H23ClN2O2/c23-19-7-5-16(6-8-19)14-25-20(13-18-3-1-2-4-21(18)25)15-24-11-9-17(10-12-24)22(26)27/h1-8,13,17H,9-12,14-15H2,(H,26,27). The van der Waals surface area contributed by atoms with E-state index < -0.39 is 5.97 Å². The smallest absolute Gasteiger partial charge is 0.306 e. The number of aliphatic carboxylic acids is 1. The summed E-state index contributed by atoms with van der Waals surface area (Å²) in [6.45, 7) is 3.30. The first-order chi connectivity index (χ1) is 13.1. The van der Waals surface area contributed by atoms with Crippen molar-refractivity contribution in [1.29, 1.82) is 0 Å². The second-order valence-electron chi connectivity index (χ2n) is 7.30. The number of para-hydroxylation sites is 1. The average molecular weight is 383 g/mol. The van der Waals surface area contributed by atoms with E-state index in [-0.39, 0.29) is 5.92 Å². The highest BCUT2D eigenvalue weighted by Gasteiger charge is 2.25. The van der Waals surface area contributed by atoms with Crippen molar-refractivity contribution in [2.75, 3.05) is 13.1 Å². The number of rotatable bonds is 5. The highest BCUT2D eigenvalue weighted by Crippen LogP contribution is 2.25. The molecule has 140 valence electrons. The number of carboxylic acid groups (broad SMARTS) is 1. The van der Waals surface area contributed by atoms with E-state index in [0.717, 1.165) is 44.0 Å². The zero-order valence-electron chi connectivity index (χ0n) is 15.1. The summed E-state index contributed by atoms with van der Waals surface area (Å²) < 4.78 is 2.36. The number of hydrogen-bond acceptors (Lipinski definition) is 2. The Labute approximate surface area is 164 Å². The molecule has 0 saturated carbocycles. The van der Waals surface area contributed by atoms with Gasteiger partial charge in [0.15, 0.2) is 0 Å². The van der Waals surface area contributed by atoms with E-state index in [1.165, 1.54) is 22.2 Å². The van der Waals surface area contributed by atoms with E-state index in [0.29, 0.717) is 0 Å². The van der Waals surface area contributed by atoms with E-state index in [2.05, 4.69) is 51.9 Å². The number of likely N-dealkylation sites (tertiary alicyclic amines) is 1. The van der Waals surface area contributed by atoms with Gasteiger partial charge in [-0.2, -0.15) is 0 Å². The van der Waals surface area contributed by atoms with Crippen LogP contribution in [-0.2, 0) is 17.9 Å². The molecule has 27 heavy (non-hydrogen) atoms. The minimum atomic E-state index is -0.661. The average Bonchev–Trinajstić information content (AvgIpc) is 3.01. The van der Waals surface area contributed by atoms with Gasteiger partial charge < -0.3 is 9.67 Å². The lowest BCUT2D eigenvalue weighted by Gasteiger charge is -2.30. The Hall–Kier alpha value is -2.30. The number of carboxylic acids is 1. The zero-order chi connectivity index (χ0) is 18.8. The van der Waals surface area contributed by atoms with Gasteiger partial charge in [-0.1, -0.05) is 41.9 Å². The van der Waals surface area contributed by atoms with Gasteiger partial charge in [-0.15, -0.1) is 0 Å². The Kier molecular flexibility index (Phi) is 5.19. The van der Waals surface area contributed by atoms with E-state index in [1.807, 2.05) is 12.1 Å². The predicted molar refractivity (Wildman–Crippen MR) is 108 cm³/mol. The fourth-order valence-corrected chi connectivity index (χ4v) is 4.05. The topological polar surface area (TPSA) is 45.5 Å². The normalized spacial score (nSPS) is 16.0. The molecule has 0 bridgehead atoms. The number of carbonyl (C=O) groups is 1. The van der Waals surface area contributed by atoms with Crippen LogP contribution in [0.4, 0.5) is 0 Å². The SMILES string of the molecule is O=C(O)C1CCN(Cc2cc3ccccc3n2Cc2ccc(Cl)cc2)CC1. The third-order valence-corrected chi connectivity index (χ3v) is 5.72. The van der Waals surface area contributed by atoms with Crippen molar-refractivity contribution in [3.8, 4) is 0 Å². The number of fused-ring (bicyclic) bond motifs is 1. The number of hydrogen-bond donors (Lipinski definition) is 1. The maximum Gasteiger partial charge on any atom is 0.306 e. The minimum absolute atomic E-state index is 0.193. The lowest BCUT2D eigenvalue weighted by Crippen LogP contribution is -2.36. The Morgan fingerprint density at radius 2 is 1.74 bits per heavy atom. The molecule has 0 aliphatic carbocycles. The number of nitrogens with zero attached hydrogens (tertiary/aromatic N) is 2. The molecule has 4 nitrogen and oxygen atoms in total. The molecule has 1 fully saturated rings. The zero-order valence-corrected chi connectivity index (χ0v) is 15.9. The molecule has 4 rings (SSSR count). The highest BCUT2D eigenvalue weighted by molar-refractivity contribution is 6.30. The van der Waals surface area contributed by atoms with Gasteiger partial charge in [-0.05, 0) is 61.1 Å². The van der Waals surface area contributed by atoms with Crippen LogP contribution in [-0.4, -0.2) is 33.6 Å². The van der Waals surface area contributed by atoms with Crippen molar-refractivity contribution >= 4 is 28.5 Å². The molecule has 1 aliphatic heterocycles. The summed E-state index contributed by atoms with van der Waals surface area (Å²) >= 11 is 6.03. The monoisotopic (exact) mass is 382 g/mol. The van der Waals surface area contributed by atoms with Crippen LogP contribution in [0, 0.1) is 5.92 Å². The summed E-state index contributed by atoms with van der Waals surface area (Å²) in [4.78, 5) is 13.6. The van der Waals surface area contributed by atoms with Crippen molar-refractivity contribution in [1.82, 2.24) is 9.47 Å². The second-order valence-corrected chi connectivity index (χ2v) is 7.73. The molecule has 0 spiro atoms. The number of aromatic nitrogens is 1. The maximum absolute atomic E-state index is 11.2. The van der Waals surface area contributed by atoms with Crippen LogP contribution in [0.3, 0.4) is 0 Å². The summed E-state index contributed by atoms with van der Waals surface area (Å²) in [6, 6.07) is 18.7.